The van der Waals surface area contributed by atoms with E-state index in [9.17, 15) is 91.6 Å². The molecule has 686 valence electrons. The summed E-state index contributed by atoms with van der Waals surface area (Å²) in [6, 6.07) is 4.70. The second-order valence-corrected chi connectivity index (χ2v) is 32.5. The molecule has 42 nitrogen and oxygen atoms in total. The largest absolute Gasteiger partial charge is 0.508 e. The van der Waals surface area contributed by atoms with Crippen molar-refractivity contribution in [3.8, 4) is 68.6 Å². The van der Waals surface area contributed by atoms with Crippen molar-refractivity contribution in [2.75, 3.05) is 20.3 Å². The lowest BCUT2D eigenvalue weighted by molar-refractivity contribution is -0.313. The summed E-state index contributed by atoms with van der Waals surface area (Å²) >= 11 is 21.3. The second kappa shape index (κ2) is 38.5. The zero-order valence-electron chi connectivity index (χ0n) is 67.1. The standard InChI is InChI=1S/C83H89Cl3N8O34/c1-27-61(101)42(87)24-52(119-27)126-71-32-8-14-46(40(85)18-32)122-48-20-34-21-49(73(48)128-83-70(110)67(107)64(104)51(26-96)125-83)123-47-15-9-33(19-41(47)86)72(127-82-69(109)66(106)63(103)50(25-95)124-82)60(93-74(111)54(88-3)29-4-10-36(11-5-29)121-81-68(108)65(105)62(102)28(2)120-81)78(115)90-56(31-7-13-44(99)39(84)17-31)75(112)91-57(34)77(114)89-55-30-6-12-43(98)37(16-30)53-38(22-35(97)23-45(53)100)58(80(117)118)92-79(116)59(71)94-76(55)113/h4-23,27-28,42,50-52,54-72,81-83,88,95-110H,24-26,87H2,1-3H3,(H,89,114)(H,90,115)(H,91,112)(H,92,116)(H,93,111)(H,94,113)(H,117,118)/t27-,28-,42+,50-,51+,52-,54?,55?,56?,57?,58?,59?,60?,61-,62-,63-,64+,65+,66+,67-,68+,69+,70+,71?,72?,81-,82-,83-/m0/s1. The smallest absolute Gasteiger partial charge is 0.330 e. The number of carboxylic acid groups (broad SMARTS) is 1. The van der Waals surface area contributed by atoms with E-state index in [4.69, 9.17) is 87.9 Å². The van der Waals surface area contributed by atoms with E-state index in [1.807, 2.05) is 0 Å². The molecular weight excluding hydrogens is 1760 g/mol. The molecule has 4 fully saturated rings. The van der Waals surface area contributed by atoms with E-state index in [2.05, 4.69) is 37.2 Å². The van der Waals surface area contributed by atoms with Crippen molar-refractivity contribution in [2.24, 2.45) is 5.73 Å². The molecule has 128 heavy (non-hydrogen) atoms. The predicted octanol–water partition coefficient (Wildman–Crippen LogP) is -1.07. The molecule has 0 saturated carbocycles. The summed E-state index contributed by atoms with van der Waals surface area (Å²) in [6.45, 7) is 0.761. The fraction of sp³-hybridized carbons (Fsp3) is 0.410. The summed E-state index contributed by atoms with van der Waals surface area (Å²) in [5.41, 5.74) is 2.89. The number of amides is 6. The average molecular weight is 1850 g/mol. The maximum atomic E-state index is 16.7. The highest BCUT2D eigenvalue weighted by molar-refractivity contribution is 6.33. The number of nitrogens with one attached hydrogen (secondary N) is 7. The molecule has 0 aromatic heterocycles. The molecule has 28 atom stereocenters. The van der Waals surface area contributed by atoms with Crippen LogP contribution >= 0.6 is 34.8 Å². The number of benzene rings is 7. The Morgan fingerprint density at radius 3 is 1.56 bits per heavy atom. The molecule has 4 saturated heterocycles. The van der Waals surface area contributed by atoms with E-state index in [0.717, 1.165) is 91.0 Å². The molecule has 11 bridgehead atoms. The van der Waals surface area contributed by atoms with Crippen LogP contribution in [0.4, 0.5) is 0 Å². The number of halogens is 3. The summed E-state index contributed by atoms with van der Waals surface area (Å²) in [5.74, 6) is -16.8. The van der Waals surface area contributed by atoms with Crippen LogP contribution < -0.4 is 61.9 Å². The molecule has 6 amide bonds. The van der Waals surface area contributed by atoms with Crippen LogP contribution in [-0.2, 0) is 62.0 Å². The number of rotatable bonds is 16. The van der Waals surface area contributed by atoms with Crippen molar-refractivity contribution in [2.45, 2.75) is 191 Å². The van der Waals surface area contributed by atoms with Crippen LogP contribution in [0.1, 0.15) is 102 Å². The zero-order valence-corrected chi connectivity index (χ0v) is 69.4. The molecular formula is C83H89Cl3N8O34. The Labute approximate surface area is 739 Å². The van der Waals surface area contributed by atoms with Gasteiger partial charge in [0.15, 0.2) is 30.1 Å². The van der Waals surface area contributed by atoms with Gasteiger partial charge in [-0.15, -0.1) is 0 Å². The molecule has 7 aromatic rings. The summed E-state index contributed by atoms with van der Waals surface area (Å²) < 4.78 is 62.3. The van der Waals surface area contributed by atoms with E-state index >= 15 is 28.8 Å². The summed E-state index contributed by atoms with van der Waals surface area (Å²) in [7, 11) is 1.31. The first kappa shape index (κ1) is 93.4. The zero-order chi connectivity index (χ0) is 92.2. The van der Waals surface area contributed by atoms with Crippen molar-refractivity contribution in [1.29, 1.82) is 0 Å². The van der Waals surface area contributed by atoms with Crippen LogP contribution in [0.3, 0.4) is 0 Å². The minimum absolute atomic E-state index is 0.0121. The number of likely N-dealkylation sites (N-methyl/N-ethyl adjacent to an activating group) is 1. The second-order valence-electron chi connectivity index (χ2n) is 31.3. The Morgan fingerprint density at radius 1 is 0.492 bits per heavy atom. The molecule has 26 N–H and O–H groups in total. The molecule has 9 aliphatic heterocycles. The number of aliphatic hydroxyl groups is 12. The third kappa shape index (κ3) is 19.0. The highest BCUT2D eigenvalue weighted by Crippen LogP contribution is 2.51. The lowest BCUT2D eigenvalue weighted by Crippen LogP contribution is -2.61. The number of phenolic OH excluding ortho intramolecular Hbond substituents is 4. The van der Waals surface area contributed by atoms with Gasteiger partial charge in [0.25, 0.3) is 0 Å². The number of nitrogens with two attached hydrogens (primary N) is 1. The number of aromatic hydroxyl groups is 4. The van der Waals surface area contributed by atoms with Gasteiger partial charge in [-0.2, -0.15) is 0 Å². The van der Waals surface area contributed by atoms with Gasteiger partial charge < -0.3 is 177 Å². The number of carbonyl (C=O) groups excluding carboxylic acids is 6. The van der Waals surface area contributed by atoms with Crippen LogP contribution in [0.5, 0.6) is 57.5 Å². The van der Waals surface area contributed by atoms with Crippen molar-refractivity contribution in [3.05, 3.63) is 175 Å². The third-order valence-corrected chi connectivity index (χ3v) is 23.7. The number of aliphatic carboxylic acids is 1. The van der Waals surface area contributed by atoms with Gasteiger partial charge in [-0.3, -0.25) is 28.8 Å². The predicted molar refractivity (Wildman–Crippen MR) is 434 cm³/mol. The molecule has 9 unspecified atom stereocenters. The van der Waals surface area contributed by atoms with Gasteiger partial charge in [0.2, 0.25) is 53.8 Å². The molecule has 9 heterocycles. The highest BCUT2D eigenvalue weighted by atomic mass is 35.5. The SMILES string of the molecule is CNC(C(=O)NC1C(=O)NC(c2ccc(O)c(Cl)c2)C(=O)NC2C(=O)NC3C(=O)NC(C(=O)NC(C(=O)O)c4cc(O)cc(O)c4-c4cc3ccc4O)C(O[C@H]3C[C@@H](N)[C@@H](O)[C@H](C)O3)c3ccc(c(Cl)c3)Oc3cc2cc(c3O[C@@H]2O[C@H](CO)[C@@H](O)[C@H](O)[C@H]2O)Oc2ccc(cc2Cl)C1O[C@@H]1O[C@@H](CO)[C@H](O)[C@@H](O)[C@H]1O)c1ccc(O[C@@H]2O[C@@H](C)[C@H](O)[C@@H](O)[C@H]2O)cc1. The van der Waals surface area contributed by atoms with Gasteiger partial charge in [-0.1, -0.05) is 71.2 Å². The Kier molecular flexibility index (Phi) is 28.1. The van der Waals surface area contributed by atoms with Gasteiger partial charge in [0, 0.05) is 35.2 Å². The van der Waals surface area contributed by atoms with E-state index < -0.39 is 326 Å². The first-order valence-electron chi connectivity index (χ1n) is 39.7. The number of hydrogen-bond donors (Lipinski definition) is 25. The highest BCUT2D eigenvalue weighted by Gasteiger charge is 2.52. The third-order valence-electron chi connectivity index (χ3n) is 22.8. The van der Waals surface area contributed by atoms with E-state index in [-0.39, 0.29) is 28.9 Å². The van der Waals surface area contributed by atoms with Crippen molar-refractivity contribution >= 4 is 76.2 Å². The van der Waals surface area contributed by atoms with Crippen molar-refractivity contribution in [1.82, 2.24) is 37.2 Å². The van der Waals surface area contributed by atoms with Gasteiger partial charge in [0.1, 0.15) is 156 Å². The van der Waals surface area contributed by atoms with Crippen LogP contribution in [0.15, 0.2) is 121 Å². The normalized spacial score (nSPS) is 32.3. The number of carbonyl (C=O) groups is 7. The van der Waals surface area contributed by atoms with Crippen LogP contribution in [0.2, 0.25) is 15.1 Å². The molecule has 9 aliphatic rings. The fourth-order valence-electron chi connectivity index (χ4n) is 15.8. The number of carboxylic acids is 1. The summed E-state index contributed by atoms with van der Waals surface area (Å²) in [4.78, 5) is 111. The summed E-state index contributed by atoms with van der Waals surface area (Å²) in [5, 5.41) is 206. The average Bonchev–Trinajstić information content (AvgIpc) is 0.760. The first-order valence-corrected chi connectivity index (χ1v) is 40.8. The lowest BCUT2D eigenvalue weighted by Gasteiger charge is -2.42. The number of fused-ring (bicyclic) bond motifs is 15. The van der Waals surface area contributed by atoms with E-state index in [1.54, 1.807) is 0 Å². The Bertz CT molecular complexity index is 5350. The van der Waals surface area contributed by atoms with Crippen LogP contribution in [0.25, 0.3) is 11.1 Å². The molecule has 0 aliphatic carbocycles. The van der Waals surface area contributed by atoms with E-state index in [0.29, 0.717) is 0 Å². The molecule has 7 aromatic carbocycles. The molecule has 0 spiro atoms. The number of hydrogen-bond acceptors (Lipinski definition) is 35. The Balaban J connectivity index is 0.993. The molecule has 0 radical (unpaired) electrons. The lowest BCUT2D eigenvalue weighted by atomic mass is 9.89. The van der Waals surface area contributed by atoms with Crippen molar-refractivity contribution < 1.29 is 168 Å². The maximum absolute atomic E-state index is 16.7. The minimum Gasteiger partial charge on any atom is -0.508 e. The van der Waals surface area contributed by atoms with Crippen molar-refractivity contribution in [3.63, 3.8) is 0 Å². The van der Waals surface area contributed by atoms with Gasteiger partial charge in [-0.25, -0.2) is 4.79 Å². The van der Waals surface area contributed by atoms with Gasteiger partial charge in [0.05, 0.1) is 46.6 Å². The van der Waals surface area contributed by atoms with Gasteiger partial charge in [-0.05, 0) is 133 Å². The Morgan fingerprint density at radius 2 is 1.00 bits per heavy atom. The van der Waals surface area contributed by atoms with E-state index in [1.165, 1.54) is 51.2 Å². The van der Waals surface area contributed by atoms with Gasteiger partial charge >= 0.3 is 5.97 Å². The first-order chi connectivity index (χ1) is 60.8. The van der Waals surface area contributed by atoms with Crippen LogP contribution in [-0.4, -0.2) is 277 Å². The van der Waals surface area contributed by atoms with Crippen LogP contribution in [0, 0.1) is 0 Å². The topological polar surface area (TPSA) is 666 Å². The number of aliphatic hydroxyl groups excluding tert-OH is 12. The molecule has 45 heteroatoms. The fourth-order valence-corrected chi connectivity index (χ4v) is 16.4. The monoisotopic (exact) mass is 1850 g/mol. The number of ether oxygens (including phenoxy) is 10. The minimum atomic E-state index is -2.50. The summed E-state index contributed by atoms with van der Waals surface area (Å²) in [6.07, 6.45) is -37.0. The molecule has 16 rings (SSSR count). The maximum Gasteiger partial charge on any atom is 0.330 e. The quantitative estimate of drug-likeness (QED) is 0.0548. The number of phenols is 4. The Hall–Kier alpha value is -10.7.